The maximum Gasteiger partial charge on any atom is 0.275 e. The van der Waals surface area contributed by atoms with Crippen LogP contribution in [0.1, 0.15) is 0 Å². The van der Waals surface area contributed by atoms with Crippen molar-refractivity contribution >= 4 is 33.1 Å². The number of rotatable bonds is 3. The molecule has 0 radical (unpaired) electrons. The van der Waals surface area contributed by atoms with Crippen molar-refractivity contribution in [3.8, 4) is 10.6 Å². The Morgan fingerprint density at radius 1 is 1.25 bits per heavy atom. The van der Waals surface area contributed by atoms with Crippen LogP contribution >= 0.6 is 11.3 Å². The Morgan fingerprint density at radius 2 is 2.08 bits per heavy atom. The molecule has 24 heavy (non-hydrogen) atoms. The van der Waals surface area contributed by atoms with Crippen LogP contribution in [0.4, 0.5) is 10.1 Å². The minimum absolute atomic E-state index is 0.263. The Kier molecular flexibility index (Phi) is 3.62. The average molecular weight is 341 g/mol. The van der Waals surface area contributed by atoms with Crippen LogP contribution in [-0.2, 0) is 9.53 Å². The van der Waals surface area contributed by atoms with E-state index in [1.807, 2.05) is 18.2 Å². The Balaban J connectivity index is 1.61. The number of thiazole rings is 1. The number of carbonyl (C=O) groups excluding carboxylic acids is 1. The van der Waals surface area contributed by atoms with Gasteiger partial charge in [0.2, 0.25) is 0 Å². The number of aromatic nitrogens is 1. The molecule has 0 saturated carbocycles. The van der Waals surface area contributed by atoms with Crippen molar-refractivity contribution in [3.63, 3.8) is 0 Å². The third-order valence-electron chi connectivity index (χ3n) is 3.53. The van der Waals surface area contributed by atoms with Gasteiger partial charge in [-0.25, -0.2) is 9.37 Å². The maximum atomic E-state index is 13.0. The molecule has 2 N–H and O–H groups in total. The highest BCUT2D eigenvalue weighted by atomic mass is 32.1. The Hall–Kier alpha value is -2.93. The van der Waals surface area contributed by atoms with E-state index in [1.165, 1.54) is 29.7 Å². The maximum absolute atomic E-state index is 13.0. The molecular weight excluding hydrogens is 329 g/mol. The molecule has 1 amide bonds. The van der Waals surface area contributed by atoms with Gasteiger partial charge in [0.1, 0.15) is 22.8 Å². The SMILES string of the molecule is O=C(Nc1ccc2sc(-c3ccc(F)cc3)nc2c1)C1=COCN1. The zero-order valence-corrected chi connectivity index (χ0v) is 13.2. The zero-order chi connectivity index (χ0) is 16.5. The summed E-state index contributed by atoms with van der Waals surface area (Å²) in [6, 6.07) is 11.8. The minimum atomic E-state index is -0.274. The molecule has 0 unspecified atom stereocenters. The molecule has 4 rings (SSSR count). The first-order chi connectivity index (χ1) is 11.7. The van der Waals surface area contributed by atoms with E-state index < -0.39 is 0 Å². The summed E-state index contributed by atoms with van der Waals surface area (Å²) < 4.78 is 19.0. The van der Waals surface area contributed by atoms with Crippen molar-refractivity contribution in [1.29, 1.82) is 0 Å². The Morgan fingerprint density at radius 3 is 2.83 bits per heavy atom. The second kappa shape index (κ2) is 5.93. The molecule has 120 valence electrons. The molecule has 0 atom stereocenters. The Labute approximate surface area is 140 Å². The molecule has 5 nitrogen and oxygen atoms in total. The quantitative estimate of drug-likeness (QED) is 0.766. The number of hydrogen-bond donors (Lipinski definition) is 2. The minimum Gasteiger partial charge on any atom is -0.479 e. The molecule has 3 aromatic rings. The van der Waals surface area contributed by atoms with E-state index >= 15 is 0 Å². The topological polar surface area (TPSA) is 63.2 Å². The van der Waals surface area contributed by atoms with Crippen LogP contribution in [0.2, 0.25) is 0 Å². The van der Waals surface area contributed by atoms with E-state index in [4.69, 9.17) is 4.74 Å². The van der Waals surface area contributed by atoms with Crippen LogP contribution in [0.25, 0.3) is 20.8 Å². The lowest BCUT2D eigenvalue weighted by molar-refractivity contribution is -0.113. The molecule has 1 aromatic heterocycles. The predicted octanol–water partition coefficient (Wildman–Crippen LogP) is 3.46. The lowest BCUT2D eigenvalue weighted by Crippen LogP contribution is -2.22. The first kappa shape index (κ1) is 14.6. The summed E-state index contributed by atoms with van der Waals surface area (Å²) in [5, 5.41) is 6.43. The summed E-state index contributed by atoms with van der Waals surface area (Å²) in [7, 11) is 0. The third kappa shape index (κ3) is 2.81. The van der Waals surface area contributed by atoms with Gasteiger partial charge < -0.3 is 15.4 Å². The van der Waals surface area contributed by atoms with Gasteiger partial charge in [-0.15, -0.1) is 11.3 Å². The number of amides is 1. The normalized spacial score (nSPS) is 13.3. The largest absolute Gasteiger partial charge is 0.479 e. The van der Waals surface area contributed by atoms with E-state index in [0.29, 0.717) is 18.1 Å². The average Bonchev–Trinajstić information content (AvgIpc) is 3.24. The molecule has 0 spiro atoms. The first-order valence-electron chi connectivity index (χ1n) is 7.22. The van der Waals surface area contributed by atoms with Gasteiger partial charge in [-0.2, -0.15) is 0 Å². The molecular formula is C17H12FN3O2S. The lowest BCUT2D eigenvalue weighted by Gasteiger charge is -2.04. The number of carbonyl (C=O) groups is 1. The lowest BCUT2D eigenvalue weighted by atomic mass is 10.2. The van der Waals surface area contributed by atoms with Crippen LogP contribution in [-0.4, -0.2) is 17.6 Å². The highest BCUT2D eigenvalue weighted by Crippen LogP contribution is 2.31. The van der Waals surface area contributed by atoms with Crippen LogP contribution < -0.4 is 10.6 Å². The van der Waals surface area contributed by atoms with Crippen LogP contribution in [0.3, 0.4) is 0 Å². The summed E-state index contributed by atoms with van der Waals surface area (Å²) >= 11 is 1.52. The van der Waals surface area contributed by atoms with Gasteiger partial charge in [0.25, 0.3) is 5.91 Å². The number of halogens is 1. The predicted molar refractivity (Wildman–Crippen MR) is 90.8 cm³/mol. The highest BCUT2D eigenvalue weighted by molar-refractivity contribution is 7.21. The van der Waals surface area contributed by atoms with Crippen LogP contribution in [0.5, 0.6) is 0 Å². The number of anilines is 1. The molecule has 7 heteroatoms. The second-order valence-corrected chi connectivity index (χ2v) is 6.21. The summed E-state index contributed by atoms with van der Waals surface area (Å²) in [4.78, 5) is 16.6. The van der Waals surface area contributed by atoms with Gasteiger partial charge in [0.05, 0.1) is 10.2 Å². The molecule has 0 aliphatic carbocycles. The molecule has 2 heterocycles. The molecule has 0 bridgehead atoms. The number of benzene rings is 2. The smallest absolute Gasteiger partial charge is 0.275 e. The fourth-order valence-electron chi connectivity index (χ4n) is 2.34. The summed E-state index contributed by atoms with van der Waals surface area (Å²) in [5.74, 6) is -0.537. The van der Waals surface area contributed by atoms with Gasteiger partial charge in [0.15, 0.2) is 6.73 Å². The fraction of sp³-hybridized carbons (Fsp3) is 0.0588. The molecule has 0 saturated heterocycles. The van der Waals surface area contributed by atoms with E-state index in [1.54, 1.807) is 12.1 Å². The summed E-state index contributed by atoms with van der Waals surface area (Å²) in [5.41, 5.74) is 2.68. The van der Waals surface area contributed by atoms with Crippen molar-refractivity contribution in [2.24, 2.45) is 0 Å². The standard InChI is InChI=1S/C17H12FN3O2S/c18-11-3-1-10(2-4-11)17-21-13-7-12(5-6-15(13)24-17)20-16(22)14-8-23-9-19-14/h1-8,19H,9H2,(H,20,22). The number of fused-ring (bicyclic) bond motifs is 1. The van der Waals surface area contributed by atoms with Gasteiger partial charge in [-0.05, 0) is 42.5 Å². The molecule has 1 aliphatic rings. The number of nitrogens with zero attached hydrogens (tertiary/aromatic N) is 1. The number of nitrogens with one attached hydrogen (secondary N) is 2. The Bertz CT molecular complexity index is 950. The third-order valence-corrected chi connectivity index (χ3v) is 4.61. The van der Waals surface area contributed by atoms with Crippen molar-refractivity contribution in [2.75, 3.05) is 12.0 Å². The van der Waals surface area contributed by atoms with Crippen molar-refractivity contribution in [2.45, 2.75) is 0 Å². The van der Waals surface area contributed by atoms with Gasteiger partial charge in [0, 0.05) is 11.3 Å². The fourth-order valence-corrected chi connectivity index (χ4v) is 3.29. The summed E-state index contributed by atoms with van der Waals surface area (Å²) in [6.45, 7) is 0.301. The molecule has 1 aliphatic heterocycles. The van der Waals surface area contributed by atoms with Crippen LogP contribution in [0.15, 0.2) is 54.4 Å². The van der Waals surface area contributed by atoms with Gasteiger partial charge >= 0.3 is 0 Å². The number of hydrogen-bond acceptors (Lipinski definition) is 5. The van der Waals surface area contributed by atoms with Crippen molar-refractivity contribution in [3.05, 3.63) is 60.2 Å². The van der Waals surface area contributed by atoms with Crippen molar-refractivity contribution in [1.82, 2.24) is 10.3 Å². The number of ether oxygens (including phenoxy) is 1. The van der Waals surface area contributed by atoms with E-state index in [0.717, 1.165) is 20.8 Å². The monoisotopic (exact) mass is 341 g/mol. The zero-order valence-electron chi connectivity index (χ0n) is 12.4. The molecule has 2 aromatic carbocycles. The molecule has 0 fully saturated rings. The van der Waals surface area contributed by atoms with Crippen LogP contribution in [0, 0.1) is 5.82 Å². The highest BCUT2D eigenvalue weighted by Gasteiger charge is 2.14. The first-order valence-corrected chi connectivity index (χ1v) is 8.04. The van der Waals surface area contributed by atoms with Gasteiger partial charge in [-0.3, -0.25) is 4.79 Å². The van der Waals surface area contributed by atoms with Gasteiger partial charge in [-0.1, -0.05) is 0 Å². The second-order valence-electron chi connectivity index (χ2n) is 5.18. The van der Waals surface area contributed by atoms with E-state index in [9.17, 15) is 9.18 Å². The van der Waals surface area contributed by atoms with E-state index in [2.05, 4.69) is 15.6 Å². The summed E-state index contributed by atoms with van der Waals surface area (Å²) in [6.07, 6.45) is 1.39. The van der Waals surface area contributed by atoms with Crippen molar-refractivity contribution < 1.29 is 13.9 Å². The van der Waals surface area contributed by atoms with E-state index in [-0.39, 0.29) is 11.7 Å².